The number of fused-ring (bicyclic) bond motifs is 1. The Morgan fingerprint density at radius 3 is 2.33 bits per heavy atom. The molecule has 0 aliphatic heterocycles. The summed E-state index contributed by atoms with van der Waals surface area (Å²) in [5, 5.41) is 11.3. The lowest BCUT2D eigenvalue weighted by Gasteiger charge is -2.49. The minimum atomic E-state index is -4.77. The van der Waals surface area contributed by atoms with Crippen LogP contribution in [0, 0.1) is 0 Å². The molecule has 1 aliphatic carbocycles. The highest BCUT2D eigenvalue weighted by molar-refractivity contribution is 6.32. The molecule has 0 heterocycles. The van der Waals surface area contributed by atoms with Crippen LogP contribution in [0.5, 0.6) is 5.75 Å². The smallest absolute Gasteiger partial charge is 0.417 e. The molecule has 146 valence electrons. The molecule has 2 unspecified atom stereocenters. The van der Waals surface area contributed by atoms with Crippen LogP contribution in [-0.4, -0.2) is 24.0 Å². The summed E-state index contributed by atoms with van der Waals surface area (Å²) in [6, 6.07) is 12.0. The van der Waals surface area contributed by atoms with Crippen LogP contribution in [0.3, 0.4) is 0 Å². The van der Waals surface area contributed by atoms with Gasteiger partial charge < -0.3 is 9.84 Å². The Morgan fingerprint density at radius 1 is 1.15 bits per heavy atom. The SMILES string of the molecule is COc1c(Cl)ccc2c1C(C)(C)CC(O)(C(F)(F)F)C2Cc1ccccc1. The molecule has 2 aromatic rings. The van der Waals surface area contributed by atoms with Crippen molar-refractivity contribution >= 4 is 11.6 Å². The molecule has 0 bridgehead atoms. The second-order valence-corrected chi connectivity index (χ2v) is 8.18. The van der Waals surface area contributed by atoms with Crippen molar-refractivity contribution in [1.82, 2.24) is 0 Å². The van der Waals surface area contributed by atoms with E-state index in [1.54, 1.807) is 50.2 Å². The summed E-state index contributed by atoms with van der Waals surface area (Å²) in [6.07, 6.45) is -5.18. The lowest BCUT2D eigenvalue weighted by molar-refractivity contribution is -0.278. The summed E-state index contributed by atoms with van der Waals surface area (Å²) in [7, 11) is 1.45. The summed E-state index contributed by atoms with van der Waals surface area (Å²) in [6.45, 7) is 3.36. The van der Waals surface area contributed by atoms with Gasteiger partial charge in [0.15, 0.2) is 5.60 Å². The average Bonchev–Trinajstić information content (AvgIpc) is 2.58. The van der Waals surface area contributed by atoms with Crippen molar-refractivity contribution in [2.24, 2.45) is 0 Å². The average molecular weight is 399 g/mol. The lowest BCUT2D eigenvalue weighted by Crippen LogP contribution is -2.57. The predicted octanol–water partition coefficient (Wildman–Crippen LogP) is 5.65. The maximum Gasteiger partial charge on any atom is 0.417 e. The van der Waals surface area contributed by atoms with Gasteiger partial charge in [0.25, 0.3) is 0 Å². The molecular weight excluding hydrogens is 377 g/mol. The van der Waals surface area contributed by atoms with Gasteiger partial charge in [0, 0.05) is 11.5 Å². The highest BCUT2D eigenvalue weighted by Gasteiger charge is 2.63. The molecule has 1 N–H and O–H groups in total. The van der Waals surface area contributed by atoms with Crippen molar-refractivity contribution < 1.29 is 23.0 Å². The van der Waals surface area contributed by atoms with Gasteiger partial charge in [0.05, 0.1) is 12.1 Å². The van der Waals surface area contributed by atoms with Gasteiger partial charge in [-0.3, -0.25) is 0 Å². The van der Waals surface area contributed by atoms with Crippen molar-refractivity contribution in [2.45, 2.75) is 49.8 Å². The number of ether oxygens (including phenoxy) is 1. The second-order valence-electron chi connectivity index (χ2n) is 7.77. The van der Waals surface area contributed by atoms with E-state index in [1.165, 1.54) is 13.2 Å². The number of hydrogen-bond donors (Lipinski definition) is 1. The monoisotopic (exact) mass is 398 g/mol. The first kappa shape index (κ1) is 20.0. The zero-order chi connectivity index (χ0) is 20.0. The van der Waals surface area contributed by atoms with Crippen molar-refractivity contribution in [3.05, 3.63) is 64.2 Å². The molecule has 0 spiro atoms. The predicted molar refractivity (Wildman–Crippen MR) is 99.5 cm³/mol. The van der Waals surface area contributed by atoms with Gasteiger partial charge in [-0.1, -0.05) is 61.8 Å². The number of rotatable bonds is 3. The Balaban J connectivity index is 2.26. The van der Waals surface area contributed by atoms with Gasteiger partial charge in [-0.15, -0.1) is 0 Å². The number of alkyl halides is 3. The van der Waals surface area contributed by atoms with Crippen molar-refractivity contribution in [3.63, 3.8) is 0 Å². The van der Waals surface area contributed by atoms with E-state index in [9.17, 15) is 18.3 Å². The van der Waals surface area contributed by atoms with Gasteiger partial charge in [0.2, 0.25) is 0 Å². The maximum atomic E-state index is 14.1. The molecule has 0 saturated heterocycles. The van der Waals surface area contributed by atoms with Crippen LogP contribution in [0.2, 0.25) is 5.02 Å². The number of hydrogen-bond acceptors (Lipinski definition) is 2. The Kier molecular flexibility index (Phi) is 4.98. The molecule has 0 saturated carbocycles. The largest absolute Gasteiger partial charge is 0.495 e. The quantitative estimate of drug-likeness (QED) is 0.724. The minimum Gasteiger partial charge on any atom is -0.495 e. The van der Waals surface area contributed by atoms with Gasteiger partial charge in [0.1, 0.15) is 5.75 Å². The first-order valence-corrected chi connectivity index (χ1v) is 9.09. The molecule has 0 fully saturated rings. The van der Waals surface area contributed by atoms with Crippen LogP contribution >= 0.6 is 11.6 Å². The van der Waals surface area contributed by atoms with E-state index in [1.807, 2.05) is 0 Å². The van der Waals surface area contributed by atoms with E-state index >= 15 is 0 Å². The highest BCUT2D eigenvalue weighted by atomic mass is 35.5. The molecule has 0 radical (unpaired) electrons. The van der Waals surface area contributed by atoms with Crippen molar-refractivity contribution in [2.75, 3.05) is 7.11 Å². The van der Waals surface area contributed by atoms with E-state index in [2.05, 4.69) is 0 Å². The van der Waals surface area contributed by atoms with Gasteiger partial charge >= 0.3 is 6.18 Å². The fraction of sp³-hybridized carbons (Fsp3) is 0.429. The number of aliphatic hydroxyl groups is 1. The molecule has 27 heavy (non-hydrogen) atoms. The lowest BCUT2D eigenvalue weighted by atomic mass is 9.59. The number of benzene rings is 2. The third-order valence-corrected chi connectivity index (χ3v) is 5.76. The van der Waals surface area contributed by atoms with Crippen LogP contribution in [-0.2, 0) is 11.8 Å². The summed E-state index contributed by atoms with van der Waals surface area (Å²) >= 11 is 6.25. The van der Waals surface area contributed by atoms with E-state index in [0.717, 1.165) is 5.56 Å². The van der Waals surface area contributed by atoms with Crippen LogP contribution in [0.1, 0.15) is 42.9 Å². The molecule has 3 rings (SSSR count). The molecule has 2 atom stereocenters. The topological polar surface area (TPSA) is 29.5 Å². The summed E-state index contributed by atoms with van der Waals surface area (Å²) in [5.41, 5.74) is -2.03. The summed E-state index contributed by atoms with van der Waals surface area (Å²) < 4.78 is 47.6. The van der Waals surface area contributed by atoms with Crippen LogP contribution in [0.4, 0.5) is 13.2 Å². The van der Waals surface area contributed by atoms with Crippen molar-refractivity contribution in [1.29, 1.82) is 0 Å². The molecule has 2 nitrogen and oxygen atoms in total. The molecular formula is C21H22ClF3O2. The normalized spacial score (nSPS) is 24.4. The third kappa shape index (κ3) is 3.32. The first-order chi connectivity index (χ1) is 12.5. The Bertz CT molecular complexity index is 833. The van der Waals surface area contributed by atoms with Crippen molar-refractivity contribution in [3.8, 4) is 5.75 Å². The Hall–Kier alpha value is -1.72. The molecule has 6 heteroatoms. The van der Waals surface area contributed by atoms with E-state index in [-0.39, 0.29) is 6.42 Å². The molecule has 0 aromatic heterocycles. The summed E-state index contributed by atoms with van der Waals surface area (Å²) in [4.78, 5) is 0. The van der Waals surface area contributed by atoms with Crippen LogP contribution in [0.15, 0.2) is 42.5 Å². The molecule has 2 aromatic carbocycles. The van der Waals surface area contributed by atoms with Crippen LogP contribution < -0.4 is 4.74 Å². The number of halogens is 4. The molecule has 1 aliphatic rings. The Labute approximate surface area is 161 Å². The second kappa shape index (κ2) is 6.71. The fourth-order valence-corrected chi connectivity index (χ4v) is 4.56. The summed E-state index contributed by atoms with van der Waals surface area (Å²) in [5.74, 6) is -0.782. The van der Waals surface area contributed by atoms with E-state index in [0.29, 0.717) is 21.9 Å². The van der Waals surface area contributed by atoms with Gasteiger partial charge in [-0.2, -0.15) is 13.2 Å². The third-order valence-electron chi connectivity index (χ3n) is 5.46. The molecule has 0 amide bonds. The fourth-order valence-electron chi connectivity index (χ4n) is 4.33. The van der Waals surface area contributed by atoms with E-state index < -0.39 is 29.5 Å². The minimum absolute atomic E-state index is 0.0602. The standard InChI is InChI=1S/C21H22ClF3O2/c1-19(2)12-20(26,21(23,24)25)15(11-13-7-5-4-6-8-13)14-9-10-16(22)18(27-3)17(14)19/h4-10,15,26H,11-12H2,1-3H3. The number of methoxy groups -OCH3 is 1. The zero-order valence-corrected chi connectivity index (χ0v) is 16.2. The van der Waals surface area contributed by atoms with Crippen LogP contribution in [0.25, 0.3) is 0 Å². The van der Waals surface area contributed by atoms with E-state index in [4.69, 9.17) is 16.3 Å². The zero-order valence-electron chi connectivity index (χ0n) is 15.4. The highest BCUT2D eigenvalue weighted by Crippen LogP contribution is 2.58. The van der Waals surface area contributed by atoms with Gasteiger partial charge in [-0.05, 0) is 35.4 Å². The van der Waals surface area contributed by atoms with Gasteiger partial charge in [-0.25, -0.2) is 0 Å². The Morgan fingerprint density at radius 2 is 1.78 bits per heavy atom. The maximum absolute atomic E-state index is 14.1. The first-order valence-electron chi connectivity index (χ1n) is 8.71.